The highest BCUT2D eigenvalue weighted by molar-refractivity contribution is 7.89. The molecule has 37 heavy (non-hydrogen) atoms. The standard InChI is InChI=1S/C29H50N2O5S/c1-5-6-7-8-9-10-11-12-13-14-15-16-17-18-22-36-26(27(32)29(2,3)4)28(33)31-24-20-19-21-25(23-24)37(30,34)35/h19-21,23,26H,5-18,22H2,1-4H3,(H,31,33)(H2,30,34,35). The number of amides is 1. The number of primary sulfonamides is 1. The maximum Gasteiger partial charge on any atom is 0.261 e. The number of sulfonamides is 1. The molecule has 1 amide bonds. The smallest absolute Gasteiger partial charge is 0.261 e. The fraction of sp³-hybridized carbons (Fsp3) is 0.724. The molecule has 0 aromatic heterocycles. The highest BCUT2D eigenvalue weighted by Gasteiger charge is 2.35. The molecule has 0 bridgehead atoms. The lowest BCUT2D eigenvalue weighted by atomic mass is 9.87. The zero-order valence-electron chi connectivity index (χ0n) is 23.5. The van der Waals surface area contributed by atoms with Crippen LogP contribution in [0.15, 0.2) is 29.2 Å². The number of hydrogen-bond donors (Lipinski definition) is 2. The van der Waals surface area contributed by atoms with Crippen LogP contribution in [0.4, 0.5) is 5.69 Å². The fourth-order valence-electron chi connectivity index (χ4n) is 4.12. The molecule has 0 aliphatic heterocycles. The van der Waals surface area contributed by atoms with Gasteiger partial charge in [0.25, 0.3) is 5.91 Å². The molecule has 1 rings (SSSR count). The minimum atomic E-state index is -3.91. The molecule has 0 heterocycles. The minimum absolute atomic E-state index is 0.118. The third-order valence-corrected chi connectivity index (χ3v) is 7.34. The number of nitrogens with one attached hydrogen (secondary N) is 1. The Kier molecular flexibility index (Phi) is 15.9. The summed E-state index contributed by atoms with van der Waals surface area (Å²) in [4.78, 5) is 25.7. The van der Waals surface area contributed by atoms with Crippen LogP contribution >= 0.6 is 0 Å². The number of ether oxygens (including phenoxy) is 1. The van der Waals surface area contributed by atoms with Gasteiger partial charge in [-0.1, -0.05) is 117 Å². The molecular weight excluding hydrogens is 488 g/mol. The summed E-state index contributed by atoms with van der Waals surface area (Å²) in [6.45, 7) is 7.79. The molecule has 0 saturated heterocycles. The number of nitrogens with two attached hydrogens (primary N) is 1. The van der Waals surface area contributed by atoms with E-state index in [4.69, 9.17) is 9.88 Å². The third-order valence-electron chi connectivity index (χ3n) is 6.43. The van der Waals surface area contributed by atoms with Crippen molar-refractivity contribution in [3.05, 3.63) is 24.3 Å². The molecule has 0 aliphatic rings. The molecule has 0 fully saturated rings. The van der Waals surface area contributed by atoms with E-state index in [0.29, 0.717) is 6.61 Å². The minimum Gasteiger partial charge on any atom is -0.361 e. The summed E-state index contributed by atoms with van der Waals surface area (Å²) >= 11 is 0. The Hall–Kier alpha value is -1.77. The maximum absolute atomic E-state index is 12.9. The zero-order valence-corrected chi connectivity index (χ0v) is 24.3. The Balaban J connectivity index is 2.37. The van der Waals surface area contributed by atoms with Crippen molar-refractivity contribution >= 4 is 27.4 Å². The topological polar surface area (TPSA) is 116 Å². The average molecular weight is 539 g/mol. The molecular formula is C29H50N2O5S. The van der Waals surface area contributed by atoms with Gasteiger partial charge >= 0.3 is 0 Å². The number of unbranched alkanes of at least 4 members (excludes halogenated alkanes) is 13. The third kappa shape index (κ3) is 14.7. The van der Waals surface area contributed by atoms with Crippen LogP contribution in [0.1, 0.15) is 118 Å². The van der Waals surface area contributed by atoms with Crippen LogP contribution in [-0.2, 0) is 24.3 Å². The Morgan fingerprint density at radius 1 is 0.865 bits per heavy atom. The van der Waals surface area contributed by atoms with Gasteiger partial charge in [0.1, 0.15) is 0 Å². The quantitative estimate of drug-likeness (QED) is 0.141. The van der Waals surface area contributed by atoms with Crippen molar-refractivity contribution in [2.45, 2.75) is 129 Å². The Labute approximate surface area is 225 Å². The molecule has 0 radical (unpaired) electrons. The SMILES string of the molecule is CCCCCCCCCCCCCCCCOC(C(=O)Nc1cccc(S(N)(=O)=O)c1)C(=O)C(C)(C)C. The lowest BCUT2D eigenvalue weighted by Crippen LogP contribution is -2.43. The maximum atomic E-state index is 12.9. The van der Waals surface area contributed by atoms with Crippen LogP contribution in [0.5, 0.6) is 0 Å². The van der Waals surface area contributed by atoms with E-state index in [2.05, 4.69) is 12.2 Å². The second-order valence-electron chi connectivity index (χ2n) is 11.0. The summed E-state index contributed by atoms with van der Waals surface area (Å²) in [6.07, 6.45) is 16.2. The van der Waals surface area contributed by atoms with Crippen molar-refractivity contribution in [2.24, 2.45) is 10.6 Å². The van der Waals surface area contributed by atoms with Crippen LogP contribution in [0.2, 0.25) is 0 Å². The van der Waals surface area contributed by atoms with Crippen molar-refractivity contribution in [3.63, 3.8) is 0 Å². The molecule has 1 aromatic carbocycles. The van der Waals surface area contributed by atoms with Crippen molar-refractivity contribution in [3.8, 4) is 0 Å². The number of anilines is 1. The van der Waals surface area contributed by atoms with E-state index in [1.54, 1.807) is 26.8 Å². The second-order valence-corrected chi connectivity index (χ2v) is 12.6. The summed E-state index contributed by atoms with van der Waals surface area (Å²) in [7, 11) is -3.91. The van der Waals surface area contributed by atoms with E-state index in [1.165, 1.54) is 88.8 Å². The van der Waals surface area contributed by atoms with Gasteiger partial charge in [0.2, 0.25) is 10.0 Å². The molecule has 212 valence electrons. The van der Waals surface area contributed by atoms with E-state index in [1.807, 2.05) is 0 Å². The molecule has 3 N–H and O–H groups in total. The lowest BCUT2D eigenvalue weighted by Gasteiger charge is -2.24. The number of carbonyl (C=O) groups is 2. The van der Waals surface area contributed by atoms with Crippen LogP contribution < -0.4 is 10.5 Å². The molecule has 1 aromatic rings. The van der Waals surface area contributed by atoms with Gasteiger partial charge in [0, 0.05) is 17.7 Å². The lowest BCUT2D eigenvalue weighted by molar-refractivity contribution is -0.146. The first-order chi connectivity index (χ1) is 17.5. The molecule has 1 atom stereocenters. The first-order valence-electron chi connectivity index (χ1n) is 14.1. The predicted octanol–water partition coefficient (Wildman–Crippen LogP) is 6.75. The van der Waals surface area contributed by atoms with Crippen LogP contribution in [0.3, 0.4) is 0 Å². The van der Waals surface area contributed by atoms with Gasteiger partial charge in [-0.05, 0) is 24.6 Å². The number of carbonyl (C=O) groups excluding carboxylic acids is 2. The first-order valence-corrected chi connectivity index (χ1v) is 15.6. The van der Waals surface area contributed by atoms with Gasteiger partial charge in [-0.15, -0.1) is 0 Å². The normalized spacial score (nSPS) is 12.9. The van der Waals surface area contributed by atoms with Crippen LogP contribution in [0, 0.1) is 5.41 Å². The average Bonchev–Trinajstić information content (AvgIpc) is 2.82. The summed E-state index contributed by atoms with van der Waals surface area (Å²) < 4.78 is 29.0. The molecule has 0 spiro atoms. The Morgan fingerprint density at radius 3 is 1.81 bits per heavy atom. The summed E-state index contributed by atoms with van der Waals surface area (Å²) in [5, 5.41) is 7.78. The van der Waals surface area contributed by atoms with E-state index >= 15 is 0 Å². The fourth-order valence-corrected chi connectivity index (χ4v) is 4.68. The number of ketones is 1. The van der Waals surface area contributed by atoms with E-state index in [9.17, 15) is 18.0 Å². The van der Waals surface area contributed by atoms with Crippen molar-refractivity contribution < 1.29 is 22.7 Å². The predicted molar refractivity (Wildman–Crippen MR) is 151 cm³/mol. The van der Waals surface area contributed by atoms with Crippen molar-refractivity contribution in [2.75, 3.05) is 11.9 Å². The van der Waals surface area contributed by atoms with Crippen molar-refractivity contribution in [1.29, 1.82) is 0 Å². The highest BCUT2D eigenvalue weighted by Crippen LogP contribution is 2.21. The van der Waals surface area contributed by atoms with Crippen LogP contribution in [0.25, 0.3) is 0 Å². The molecule has 7 nitrogen and oxygen atoms in total. The molecule has 8 heteroatoms. The van der Waals surface area contributed by atoms with Gasteiger partial charge in [0.15, 0.2) is 11.9 Å². The Morgan fingerprint density at radius 2 is 1.35 bits per heavy atom. The molecule has 0 saturated carbocycles. The number of Topliss-reactive ketones (excluding diaryl/α,β-unsaturated/α-hetero) is 1. The molecule has 1 unspecified atom stereocenters. The first kappa shape index (κ1) is 33.3. The van der Waals surface area contributed by atoms with Crippen molar-refractivity contribution in [1.82, 2.24) is 0 Å². The number of hydrogen-bond acceptors (Lipinski definition) is 5. The van der Waals surface area contributed by atoms with E-state index < -0.39 is 27.4 Å². The van der Waals surface area contributed by atoms with E-state index in [0.717, 1.165) is 19.3 Å². The molecule has 0 aliphatic carbocycles. The largest absolute Gasteiger partial charge is 0.361 e. The highest BCUT2D eigenvalue weighted by atomic mass is 32.2. The summed E-state index contributed by atoms with van der Waals surface area (Å²) in [5.74, 6) is -0.935. The summed E-state index contributed by atoms with van der Waals surface area (Å²) in [5.41, 5.74) is -0.525. The Bertz CT molecular complexity index is 909. The van der Waals surface area contributed by atoms with Gasteiger partial charge in [0.05, 0.1) is 4.90 Å². The van der Waals surface area contributed by atoms with Gasteiger partial charge in [-0.2, -0.15) is 0 Å². The van der Waals surface area contributed by atoms with E-state index in [-0.39, 0.29) is 16.4 Å². The van der Waals surface area contributed by atoms with Crippen LogP contribution in [-0.4, -0.2) is 32.8 Å². The van der Waals surface area contributed by atoms with Gasteiger partial charge in [-0.25, -0.2) is 13.6 Å². The van der Waals surface area contributed by atoms with Gasteiger partial charge < -0.3 is 10.1 Å². The van der Waals surface area contributed by atoms with Gasteiger partial charge in [-0.3, -0.25) is 9.59 Å². The zero-order chi connectivity index (χ0) is 27.7. The number of rotatable bonds is 20. The summed E-state index contributed by atoms with van der Waals surface area (Å²) in [6, 6.07) is 5.62. The second kappa shape index (κ2) is 17.7. The number of benzene rings is 1. The monoisotopic (exact) mass is 538 g/mol.